The zero-order valence-electron chi connectivity index (χ0n) is 16.5. The Hall–Kier alpha value is -3.61. The molecular weight excluding hydrogens is 380 g/mol. The second-order valence-electron chi connectivity index (χ2n) is 7.88. The Morgan fingerprint density at radius 2 is 2.00 bits per heavy atom. The standard InChI is InChI=1S/C23H20N4O3/c1-13-4-2-5-15(10-13)22-25-23-24-16-6-3-7-17(28)20(16)21(27(23)26-22)14-8-9-18-19(11-14)30-12-29-18/h2,4-5,8-11,21H,3,6-7,12H2,1H3,(H,24,25,26). The molecule has 2 aromatic carbocycles. The molecule has 0 radical (unpaired) electrons. The third-order valence-corrected chi connectivity index (χ3v) is 5.86. The van der Waals surface area contributed by atoms with E-state index in [-0.39, 0.29) is 18.6 Å². The average molecular weight is 400 g/mol. The molecule has 3 heterocycles. The van der Waals surface area contributed by atoms with Crippen molar-refractivity contribution in [1.29, 1.82) is 0 Å². The fourth-order valence-corrected chi connectivity index (χ4v) is 4.45. The van der Waals surface area contributed by atoms with Crippen LogP contribution in [0.15, 0.2) is 53.7 Å². The molecule has 1 unspecified atom stereocenters. The minimum absolute atomic E-state index is 0.157. The van der Waals surface area contributed by atoms with Crippen LogP contribution in [0.5, 0.6) is 11.5 Å². The van der Waals surface area contributed by atoms with Crippen molar-refractivity contribution in [3.63, 3.8) is 0 Å². The lowest BCUT2D eigenvalue weighted by Crippen LogP contribution is -2.31. The molecule has 1 N–H and O–H groups in total. The van der Waals surface area contributed by atoms with Crippen LogP contribution in [0, 0.1) is 6.92 Å². The van der Waals surface area contributed by atoms with Crippen LogP contribution in [-0.4, -0.2) is 27.3 Å². The van der Waals surface area contributed by atoms with Crippen LogP contribution in [0.2, 0.25) is 0 Å². The number of nitrogens with zero attached hydrogens (tertiary/aromatic N) is 3. The first-order valence-corrected chi connectivity index (χ1v) is 10.1. The number of benzene rings is 2. The van der Waals surface area contributed by atoms with Crippen molar-refractivity contribution < 1.29 is 14.3 Å². The van der Waals surface area contributed by atoms with Gasteiger partial charge in [0.15, 0.2) is 23.1 Å². The third-order valence-electron chi connectivity index (χ3n) is 5.86. The van der Waals surface area contributed by atoms with Gasteiger partial charge < -0.3 is 14.8 Å². The van der Waals surface area contributed by atoms with Gasteiger partial charge in [-0.25, -0.2) is 4.68 Å². The van der Waals surface area contributed by atoms with E-state index in [1.54, 1.807) is 0 Å². The first-order valence-electron chi connectivity index (χ1n) is 10.1. The maximum atomic E-state index is 13.0. The fourth-order valence-electron chi connectivity index (χ4n) is 4.45. The average Bonchev–Trinajstić information content (AvgIpc) is 3.38. The van der Waals surface area contributed by atoms with E-state index in [4.69, 9.17) is 19.6 Å². The van der Waals surface area contributed by atoms with E-state index in [2.05, 4.69) is 11.4 Å². The number of hydrogen-bond acceptors (Lipinski definition) is 6. The van der Waals surface area contributed by atoms with Gasteiger partial charge in [-0.15, -0.1) is 5.10 Å². The van der Waals surface area contributed by atoms with Gasteiger partial charge >= 0.3 is 0 Å². The molecule has 3 aromatic rings. The summed E-state index contributed by atoms with van der Waals surface area (Å²) in [4.78, 5) is 17.7. The summed E-state index contributed by atoms with van der Waals surface area (Å²) in [5.41, 5.74) is 4.75. The number of carbonyl (C=O) groups excluding carboxylic acids is 1. The zero-order chi connectivity index (χ0) is 20.2. The molecule has 7 heteroatoms. The molecule has 0 fully saturated rings. The number of Topliss-reactive ketones (excluding diaryl/α,β-unsaturated/α-hetero) is 1. The molecule has 6 rings (SSSR count). The van der Waals surface area contributed by atoms with Crippen molar-refractivity contribution in [2.75, 3.05) is 12.1 Å². The molecule has 0 saturated carbocycles. The second kappa shape index (κ2) is 6.45. The van der Waals surface area contributed by atoms with Gasteiger partial charge in [0.05, 0.1) is 0 Å². The van der Waals surface area contributed by atoms with E-state index in [0.717, 1.165) is 46.6 Å². The number of anilines is 1. The van der Waals surface area contributed by atoms with Gasteiger partial charge in [-0.05, 0) is 43.5 Å². The van der Waals surface area contributed by atoms with Crippen LogP contribution in [0.25, 0.3) is 11.4 Å². The number of allylic oxidation sites excluding steroid dienone is 2. The molecule has 2 aliphatic heterocycles. The van der Waals surface area contributed by atoms with Crippen molar-refractivity contribution in [3.05, 3.63) is 64.9 Å². The molecule has 1 atom stereocenters. The fraction of sp³-hybridized carbons (Fsp3) is 0.261. The van der Waals surface area contributed by atoms with Gasteiger partial charge in [0.2, 0.25) is 12.7 Å². The molecule has 150 valence electrons. The predicted octanol–water partition coefficient (Wildman–Crippen LogP) is 4.00. The normalized spacial score (nSPS) is 19.4. The number of aryl methyl sites for hydroxylation is 1. The van der Waals surface area contributed by atoms with E-state index < -0.39 is 0 Å². The van der Waals surface area contributed by atoms with Crippen LogP contribution in [-0.2, 0) is 4.79 Å². The highest BCUT2D eigenvalue weighted by Gasteiger charge is 2.37. The lowest BCUT2D eigenvalue weighted by Gasteiger charge is -2.32. The quantitative estimate of drug-likeness (QED) is 0.700. The molecule has 0 spiro atoms. The molecule has 30 heavy (non-hydrogen) atoms. The summed E-state index contributed by atoms with van der Waals surface area (Å²) in [5, 5.41) is 8.20. The Morgan fingerprint density at radius 3 is 2.90 bits per heavy atom. The van der Waals surface area contributed by atoms with Crippen molar-refractivity contribution >= 4 is 11.7 Å². The monoisotopic (exact) mass is 400 g/mol. The summed E-state index contributed by atoms with van der Waals surface area (Å²) in [6, 6.07) is 13.6. The van der Waals surface area contributed by atoms with E-state index in [1.807, 2.05) is 48.0 Å². The van der Waals surface area contributed by atoms with Gasteiger partial charge in [-0.2, -0.15) is 4.98 Å². The third kappa shape index (κ3) is 2.62. The van der Waals surface area contributed by atoms with E-state index in [1.165, 1.54) is 0 Å². The number of carbonyl (C=O) groups is 1. The molecular formula is C23H20N4O3. The van der Waals surface area contributed by atoms with Gasteiger partial charge in [0.25, 0.3) is 0 Å². The number of hydrogen-bond donors (Lipinski definition) is 1. The Morgan fingerprint density at radius 1 is 1.10 bits per heavy atom. The summed E-state index contributed by atoms with van der Waals surface area (Å²) in [6.07, 6.45) is 2.22. The zero-order valence-corrected chi connectivity index (χ0v) is 16.5. The van der Waals surface area contributed by atoms with Crippen LogP contribution >= 0.6 is 0 Å². The van der Waals surface area contributed by atoms with Crippen molar-refractivity contribution in [2.24, 2.45) is 0 Å². The summed E-state index contributed by atoms with van der Waals surface area (Å²) >= 11 is 0. The highest BCUT2D eigenvalue weighted by molar-refractivity contribution is 5.99. The van der Waals surface area contributed by atoms with Crippen molar-refractivity contribution in [3.8, 4) is 22.9 Å². The molecule has 0 saturated heterocycles. The number of rotatable bonds is 2. The van der Waals surface area contributed by atoms with Crippen LogP contribution < -0.4 is 14.8 Å². The predicted molar refractivity (Wildman–Crippen MR) is 110 cm³/mol. The maximum absolute atomic E-state index is 13.0. The molecule has 0 bridgehead atoms. The highest BCUT2D eigenvalue weighted by Crippen LogP contribution is 2.43. The Kier molecular flexibility index (Phi) is 3.71. The first-order chi connectivity index (χ1) is 14.7. The van der Waals surface area contributed by atoms with E-state index in [9.17, 15) is 4.79 Å². The molecule has 1 aliphatic carbocycles. The van der Waals surface area contributed by atoms with Gasteiger partial charge in [-0.3, -0.25) is 4.79 Å². The smallest absolute Gasteiger partial charge is 0.231 e. The topological polar surface area (TPSA) is 78.3 Å². The Labute approximate surface area is 173 Å². The molecule has 1 aromatic heterocycles. The van der Waals surface area contributed by atoms with Gasteiger partial charge in [-0.1, -0.05) is 29.8 Å². The lowest BCUT2D eigenvalue weighted by atomic mass is 9.85. The lowest BCUT2D eigenvalue weighted by molar-refractivity contribution is -0.116. The van der Waals surface area contributed by atoms with Crippen LogP contribution in [0.1, 0.15) is 36.4 Å². The number of fused-ring (bicyclic) bond motifs is 2. The van der Waals surface area contributed by atoms with Gasteiger partial charge in [0.1, 0.15) is 6.04 Å². The van der Waals surface area contributed by atoms with Crippen molar-refractivity contribution in [1.82, 2.24) is 14.8 Å². The summed E-state index contributed by atoms with van der Waals surface area (Å²) in [7, 11) is 0. The number of ketones is 1. The molecule has 7 nitrogen and oxygen atoms in total. The van der Waals surface area contributed by atoms with Crippen molar-refractivity contribution in [2.45, 2.75) is 32.2 Å². The maximum Gasteiger partial charge on any atom is 0.231 e. The van der Waals surface area contributed by atoms with E-state index >= 15 is 0 Å². The molecule has 0 amide bonds. The SMILES string of the molecule is Cc1cccc(-c2nc3n(n2)C(c2ccc4c(c2)OCO4)C2=C(CCCC2=O)N3)c1. The Balaban J connectivity index is 1.52. The summed E-state index contributed by atoms with van der Waals surface area (Å²) < 4.78 is 12.9. The van der Waals surface area contributed by atoms with Crippen LogP contribution in [0.3, 0.4) is 0 Å². The minimum Gasteiger partial charge on any atom is -0.454 e. The van der Waals surface area contributed by atoms with E-state index in [0.29, 0.717) is 23.9 Å². The largest absolute Gasteiger partial charge is 0.454 e. The minimum atomic E-state index is -0.343. The molecule has 3 aliphatic rings. The first kappa shape index (κ1) is 17.3. The number of aromatic nitrogens is 3. The Bertz CT molecular complexity index is 1230. The van der Waals surface area contributed by atoms with Crippen LogP contribution in [0.4, 0.5) is 5.95 Å². The summed E-state index contributed by atoms with van der Waals surface area (Å²) in [6.45, 7) is 2.26. The second-order valence-corrected chi connectivity index (χ2v) is 7.88. The number of ether oxygens (including phenoxy) is 2. The highest BCUT2D eigenvalue weighted by atomic mass is 16.7. The summed E-state index contributed by atoms with van der Waals surface area (Å²) in [5.74, 6) is 2.86. The van der Waals surface area contributed by atoms with Gasteiger partial charge in [0, 0.05) is 23.3 Å². The number of nitrogens with one attached hydrogen (secondary N) is 1.